The minimum atomic E-state index is -3.34. The van der Waals surface area contributed by atoms with Gasteiger partial charge in [0.15, 0.2) is 15.4 Å². The van der Waals surface area contributed by atoms with Gasteiger partial charge in [-0.25, -0.2) is 28.1 Å². The van der Waals surface area contributed by atoms with E-state index in [1.807, 2.05) is 42.5 Å². The van der Waals surface area contributed by atoms with Crippen LogP contribution < -0.4 is 10.1 Å². The van der Waals surface area contributed by atoms with Crippen molar-refractivity contribution in [1.82, 2.24) is 29.7 Å². The topological polar surface area (TPSA) is 125 Å². The van der Waals surface area contributed by atoms with Gasteiger partial charge in [0, 0.05) is 18.4 Å². The van der Waals surface area contributed by atoms with E-state index in [2.05, 4.69) is 15.4 Å². The maximum atomic E-state index is 12.1. The quantitative estimate of drug-likeness (QED) is 0.296. The molecule has 2 aliphatic rings. The summed E-state index contributed by atoms with van der Waals surface area (Å²) in [6.07, 6.45) is 7.84. The molecule has 0 aliphatic heterocycles. The van der Waals surface area contributed by atoms with E-state index in [1.165, 1.54) is 19.0 Å². The van der Waals surface area contributed by atoms with E-state index >= 15 is 0 Å². The molecule has 0 bridgehead atoms. The molecule has 10 nitrogen and oxygen atoms in total. The summed E-state index contributed by atoms with van der Waals surface area (Å²) in [6.45, 7) is 0.528. The molecule has 0 radical (unpaired) electrons. The minimum Gasteiger partial charge on any atom is -0.473 e. The summed E-state index contributed by atoms with van der Waals surface area (Å²) in [7, 11) is -3.34. The summed E-state index contributed by atoms with van der Waals surface area (Å²) in [5.74, 6) is 2.43. The van der Waals surface area contributed by atoms with Crippen molar-refractivity contribution >= 4 is 26.8 Å². The molecule has 40 heavy (non-hydrogen) atoms. The highest BCUT2D eigenvalue weighted by Gasteiger charge is 2.47. The molecule has 202 valence electrons. The van der Waals surface area contributed by atoms with E-state index in [-0.39, 0.29) is 11.0 Å². The molecule has 2 fully saturated rings. The maximum absolute atomic E-state index is 12.1. The summed E-state index contributed by atoms with van der Waals surface area (Å²) in [5.41, 5.74) is 4.54. The SMILES string of the molecule is CS(=O)(=O)c1cccc(-c2ccc3nc(NCc4ccc(-n5cncn5)cc4)nc(O[C@@H]4C[C@@H]5C[C@@H]5C4)c3n2)c1. The average molecular weight is 554 g/mol. The zero-order valence-corrected chi connectivity index (χ0v) is 22.6. The molecule has 1 N–H and O–H groups in total. The van der Waals surface area contributed by atoms with Gasteiger partial charge in [-0.3, -0.25) is 0 Å². The Labute approximate surface area is 231 Å². The van der Waals surface area contributed by atoms with Crippen LogP contribution in [-0.4, -0.2) is 50.5 Å². The van der Waals surface area contributed by atoms with Crippen LogP contribution in [0.2, 0.25) is 0 Å². The van der Waals surface area contributed by atoms with Crippen LogP contribution in [0.1, 0.15) is 24.8 Å². The predicted octanol–water partition coefficient (Wildman–Crippen LogP) is 4.47. The molecule has 3 heterocycles. The lowest BCUT2D eigenvalue weighted by Crippen LogP contribution is -2.16. The standard InChI is InChI=1S/C29H27N7O3S/c1-40(37,38)24-4-2-3-19(14-24)25-9-10-26-27(33-25)28(39-23-12-20-11-21(20)13-23)35-29(34-26)31-15-18-5-7-22(8-6-18)36-17-30-16-32-36/h2-10,14,16-17,20-21,23H,11-13,15H2,1H3,(H,31,34,35)/t20-,21+,23+. The fourth-order valence-electron chi connectivity index (χ4n) is 5.40. The molecule has 11 heteroatoms. The van der Waals surface area contributed by atoms with Gasteiger partial charge in [-0.15, -0.1) is 0 Å². The number of anilines is 1. The third kappa shape index (κ3) is 5.00. The first-order chi connectivity index (χ1) is 19.4. The second-order valence-corrected chi connectivity index (χ2v) is 12.6. The summed E-state index contributed by atoms with van der Waals surface area (Å²) >= 11 is 0. The van der Waals surface area contributed by atoms with Gasteiger partial charge in [-0.05, 0) is 73.1 Å². The van der Waals surface area contributed by atoms with Crippen LogP contribution in [0.15, 0.2) is 78.2 Å². The first-order valence-electron chi connectivity index (χ1n) is 13.2. The molecule has 2 aromatic carbocycles. The largest absolute Gasteiger partial charge is 0.473 e. The highest BCUT2D eigenvalue weighted by Crippen LogP contribution is 2.52. The van der Waals surface area contributed by atoms with Crippen molar-refractivity contribution in [2.45, 2.75) is 36.8 Å². The Morgan fingerprint density at radius 1 is 0.975 bits per heavy atom. The molecule has 2 saturated carbocycles. The Morgan fingerprint density at radius 2 is 1.80 bits per heavy atom. The maximum Gasteiger partial charge on any atom is 0.245 e. The van der Waals surface area contributed by atoms with Crippen LogP contribution >= 0.6 is 0 Å². The van der Waals surface area contributed by atoms with E-state index in [0.29, 0.717) is 40.7 Å². The number of nitrogens with zero attached hydrogens (tertiary/aromatic N) is 6. The first-order valence-corrected chi connectivity index (χ1v) is 15.1. The van der Waals surface area contributed by atoms with E-state index in [4.69, 9.17) is 19.7 Å². The number of pyridine rings is 1. The van der Waals surface area contributed by atoms with E-state index in [0.717, 1.165) is 35.9 Å². The molecule has 7 rings (SSSR count). The number of fused-ring (bicyclic) bond motifs is 2. The highest BCUT2D eigenvalue weighted by molar-refractivity contribution is 7.90. The number of ether oxygens (including phenoxy) is 1. The van der Waals surface area contributed by atoms with Gasteiger partial charge in [-0.2, -0.15) is 10.1 Å². The fraction of sp³-hybridized carbons (Fsp3) is 0.276. The van der Waals surface area contributed by atoms with Crippen LogP contribution in [-0.2, 0) is 16.4 Å². The smallest absolute Gasteiger partial charge is 0.245 e. The molecule has 3 aromatic heterocycles. The van der Waals surface area contributed by atoms with Gasteiger partial charge in [0.2, 0.25) is 11.8 Å². The second-order valence-electron chi connectivity index (χ2n) is 10.5. The van der Waals surface area contributed by atoms with Gasteiger partial charge in [-0.1, -0.05) is 24.3 Å². The fourth-order valence-corrected chi connectivity index (χ4v) is 6.07. The molecule has 0 amide bonds. The van der Waals surface area contributed by atoms with E-state index in [1.54, 1.807) is 29.2 Å². The molecular weight excluding hydrogens is 526 g/mol. The molecule has 0 unspecified atom stereocenters. The van der Waals surface area contributed by atoms with Crippen molar-refractivity contribution in [2.75, 3.05) is 11.6 Å². The van der Waals surface area contributed by atoms with Crippen molar-refractivity contribution in [3.8, 4) is 22.8 Å². The lowest BCUT2D eigenvalue weighted by molar-refractivity contribution is 0.189. The molecule has 5 aromatic rings. The Hall–Kier alpha value is -4.38. The third-order valence-electron chi connectivity index (χ3n) is 7.62. The van der Waals surface area contributed by atoms with Crippen LogP contribution in [0, 0.1) is 11.8 Å². The van der Waals surface area contributed by atoms with Crippen molar-refractivity contribution in [2.24, 2.45) is 11.8 Å². The van der Waals surface area contributed by atoms with Gasteiger partial charge in [0.1, 0.15) is 18.8 Å². The van der Waals surface area contributed by atoms with Gasteiger partial charge < -0.3 is 10.1 Å². The highest BCUT2D eigenvalue weighted by atomic mass is 32.2. The first kappa shape index (κ1) is 24.6. The van der Waals surface area contributed by atoms with E-state index < -0.39 is 9.84 Å². The lowest BCUT2D eigenvalue weighted by Gasteiger charge is -2.17. The second kappa shape index (κ2) is 9.67. The number of hydrogen-bond donors (Lipinski definition) is 1. The van der Waals surface area contributed by atoms with Crippen molar-refractivity contribution in [3.63, 3.8) is 0 Å². The monoisotopic (exact) mass is 553 g/mol. The Bertz CT molecular complexity index is 1800. The number of aromatic nitrogens is 6. The Balaban J connectivity index is 1.19. The number of sulfone groups is 1. The molecular formula is C29H27N7O3S. The number of nitrogens with one attached hydrogen (secondary N) is 1. The lowest BCUT2D eigenvalue weighted by atomic mass is 10.1. The summed E-state index contributed by atoms with van der Waals surface area (Å²) in [6, 6.07) is 18.5. The number of hydrogen-bond acceptors (Lipinski definition) is 9. The summed E-state index contributed by atoms with van der Waals surface area (Å²) < 4.78 is 32.4. The van der Waals surface area contributed by atoms with Crippen molar-refractivity contribution < 1.29 is 13.2 Å². The van der Waals surface area contributed by atoms with Gasteiger partial charge in [0.05, 0.1) is 21.8 Å². The average Bonchev–Trinajstić information content (AvgIpc) is 3.31. The Kier molecular flexibility index (Phi) is 5.96. The Morgan fingerprint density at radius 3 is 2.55 bits per heavy atom. The molecule has 0 saturated heterocycles. The zero-order valence-electron chi connectivity index (χ0n) is 21.8. The predicted molar refractivity (Wildman–Crippen MR) is 150 cm³/mol. The normalized spacial score (nSPS) is 19.9. The molecule has 0 spiro atoms. The van der Waals surface area contributed by atoms with Gasteiger partial charge in [0.25, 0.3) is 0 Å². The number of rotatable bonds is 8. The molecule has 2 aliphatic carbocycles. The van der Waals surface area contributed by atoms with Crippen molar-refractivity contribution in [1.29, 1.82) is 0 Å². The van der Waals surface area contributed by atoms with Gasteiger partial charge >= 0.3 is 0 Å². The molecule has 3 atom stereocenters. The van der Waals surface area contributed by atoms with Crippen LogP contribution in [0.25, 0.3) is 28.0 Å². The summed E-state index contributed by atoms with van der Waals surface area (Å²) in [5, 5.41) is 7.49. The van der Waals surface area contributed by atoms with Crippen molar-refractivity contribution in [3.05, 3.63) is 78.9 Å². The van der Waals surface area contributed by atoms with Crippen LogP contribution in [0.4, 0.5) is 5.95 Å². The third-order valence-corrected chi connectivity index (χ3v) is 8.73. The number of benzene rings is 2. The van der Waals surface area contributed by atoms with E-state index in [9.17, 15) is 8.42 Å². The summed E-state index contributed by atoms with van der Waals surface area (Å²) in [4.78, 5) is 18.5. The zero-order chi connectivity index (χ0) is 27.3. The van der Waals surface area contributed by atoms with Crippen LogP contribution in [0.3, 0.4) is 0 Å². The van der Waals surface area contributed by atoms with Crippen LogP contribution in [0.5, 0.6) is 5.88 Å². The minimum absolute atomic E-state index is 0.109.